The van der Waals surface area contributed by atoms with Crippen molar-refractivity contribution in [1.29, 1.82) is 0 Å². The van der Waals surface area contributed by atoms with E-state index in [1.807, 2.05) is 0 Å². The standard InChI is InChI=1S/C13H21N3O4/c1-9(2)16-4-5-19-11(7-16)13-14-12(20-15-13)6-10(17)8-18-3/h9,11H,4-8H2,1-3H3. The van der Waals surface area contributed by atoms with Crippen LogP contribution in [-0.2, 0) is 20.7 Å². The number of ether oxygens (including phenoxy) is 2. The lowest BCUT2D eigenvalue weighted by Crippen LogP contribution is -2.42. The number of hydrogen-bond acceptors (Lipinski definition) is 7. The Labute approximate surface area is 118 Å². The van der Waals surface area contributed by atoms with Crippen molar-refractivity contribution in [3.05, 3.63) is 11.7 Å². The number of hydrogen-bond donors (Lipinski definition) is 0. The van der Waals surface area contributed by atoms with E-state index in [4.69, 9.17) is 14.0 Å². The number of morpholine rings is 1. The molecule has 20 heavy (non-hydrogen) atoms. The van der Waals surface area contributed by atoms with Gasteiger partial charge in [0.2, 0.25) is 11.7 Å². The first-order valence-corrected chi connectivity index (χ1v) is 6.79. The van der Waals surface area contributed by atoms with Gasteiger partial charge in [0, 0.05) is 26.2 Å². The molecule has 112 valence electrons. The summed E-state index contributed by atoms with van der Waals surface area (Å²) in [6, 6.07) is 0.455. The highest BCUT2D eigenvalue weighted by Gasteiger charge is 2.27. The van der Waals surface area contributed by atoms with Crippen LogP contribution in [0.15, 0.2) is 4.52 Å². The Bertz CT molecular complexity index is 447. The molecule has 2 heterocycles. The van der Waals surface area contributed by atoms with E-state index >= 15 is 0 Å². The Hall–Kier alpha value is -1.31. The van der Waals surface area contributed by atoms with Crippen molar-refractivity contribution >= 4 is 5.78 Å². The molecule has 1 unspecified atom stereocenters. The van der Waals surface area contributed by atoms with Crippen LogP contribution in [0.25, 0.3) is 0 Å². The maximum atomic E-state index is 11.4. The van der Waals surface area contributed by atoms with Gasteiger partial charge < -0.3 is 14.0 Å². The lowest BCUT2D eigenvalue weighted by atomic mass is 10.2. The molecule has 0 aromatic carbocycles. The maximum absolute atomic E-state index is 11.4. The monoisotopic (exact) mass is 283 g/mol. The fourth-order valence-corrected chi connectivity index (χ4v) is 2.15. The van der Waals surface area contributed by atoms with Crippen molar-refractivity contribution in [3.63, 3.8) is 0 Å². The minimum Gasteiger partial charge on any atom is -0.377 e. The van der Waals surface area contributed by atoms with Crippen molar-refractivity contribution in [2.75, 3.05) is 33.4 Å². The third-order valence-electron chi connectivity index (χ3n) is 3.25. The molecule has 1 atom stereocenters. The van der Waals surface area contributed by atoms with Gasteiger partial charge in [-0.2, -0.15) is 4.98 Å². The van der Waals surface area contributed by atoms with E-state index in [1.165, 1.54) is 7.11 Å². The number of aromatic nitrogens is 2. The molecule has 1 saturated heterocycles. The van der Waals surface area contributed by atoms with Gasteiger partial charge in [-0.1, -0.05) is 5.16 Å². The lowest BCUT2D eigenvalue weighted by Gasteiger charge is -2.34. The molecular weight excluding hydrogens is 262 g/mol. The highest BCUT2D eigenvalue weighted by Crippen LogP contribution is 2.21. The first-order chi connectivity index (χ1) is 9.60. The fraction of sp³-hybridized carbons (Fsp3) is 0.769. The number of ketones is 1. The molecule has 1 fully saturated rings. The molecule has 0 amide bonds. The molecule has 7 nitrogen and oxygen atoms in total. The minimum absolute atomic E-state index is 0.0543. The smallest absolute Gasteiger partial charge is 0.234 e. The van der Waals surface area contributed by atoms with Crippen LogP contribution in [0.3, 0.4) is 0 Å². The van der Waals surface area contributed by atoms with Gasteiger partial charge in [0.1, 0.15) is 12.7 Å². The summed E-state index contributed by atoms with van der Waals surface area (Å²) in [4.78, 5) is 18.0. The molecule has 0 saturated carbocycles. The summed E-state index contributed by atoms with van der Waals surface area (Å²) >= 11 is 0. The zero-order chi connectivity index (χ0) is 14.5. The Kier molecular flexibility index (Phi) is 5.22. The molecule has 0 aliphatic carbocycles. The second kappa shape index (κ2) is 6.92. The van der Waals surface area contributed by atoms with Crippen LogP contribution in [0, 0.1) is 0 Å². The lowest BCUT2D eigenvalue weighted by molar-refractivity contribution is -0.122. The molecule has 0 radical (unpaired) electrons. The topological polar surface area (TPSA) is 77.7 Å². The largest absolute Gasteiger partial charge is 0.377 e. The van der Waals surface area contributed by atoms with E-state index in [1.54, 1.807) is 0 Å². The first-order valence-electron chi connectivity index (χ1n) is 6.79. The van der Waals surface area contributed by atoms with Gasteiger partial charge in [-0.05, 0) is 13.8 Å². The van der Waals surface area contributed by atoms with E-state index in [-0.39, 0.29) is 24.9 Å². The summed E-state index contributed by atoms with van der Waals surface area (Å²) in [5.74, 6) is 0.735. The number of carbonyl (C=O) groups is 1. The molecule has 1 aromatic rings. The van der Waals surface area contributed by atoms with Crippen molar-refractivity contribution < 1.29 is 18.8 Å². The van der Waals surface area contributed by atoms with Crippen molar-refractivity contribution in [3.8, 4) is 0 Å². The van der Waals surface area contributed by atoms with Gasteiger partial charge in [0.15, 0.2) is 5.78 Å². The first kappa shape index (κ1) is 15.1. The summed E-state index contributed by atoms with van der Waals surface area (Å²) < 4.78 is 15.5. The van der Waals surface area contributed by atoms with E-state index in [2.05, 4.69) is 28.9 Å². The Morgan fingerprint density at radius 2 is 2.35 bits per heavy atom. The fourth-order valence-electron chi connectivity index (χ4n) is 2.15. The predicted octanol–water partition coefficient (Wildman–Crippen LogP) is 0.609. The van der Waals surface area contributed by atoms with Crippen LogP contribution in [-0.4, -0.2) is 60.3 Å². The van der Waals surface area contributed by atoms with Crippen molar-refractivity contribution in [2.24, 2.45) is 0 Å². The molecule has 1 aromatic heterocycles. The maximum Gasteiger partial charge on any atom is 0.234 e. The van der Waals surface area contributed by atoms with Crippen molar-refractivity contribution in [2.45, 2.75) is 32.4 Å². The van der Waals surface area contributed by atoms with E-state index < -0.39 is 0 Å². The predicted molar refractivity (Wildman–Crippen MR) is 70.3 cm³/mol. The summed E-state index contributed by atoms with van der Waals surface area (Å²) in [5.41, 5.74) is 0. The summed E-state index contributed by atoms with van der Waals surface area (Å²) in [6.07, 6.45) is -0.0947. The van der Waals surface area contributed by atoms with Crippen LogP contribution in [0.2, 0.25) is 0 Å². The van der Waals surface area contributed by atoms with Crippen LogP contribution < -0.4 is 0 Å². The summed E-state index contributed by atoms with van der Waals surface area (Å²) in [5, 5.41) is 3.92. The highest BCUT2D eigenvalue weighted by molar-refractivity contribution is 5.81. The molecule has 2 rings (SSSR count). The number of methoxy groups -OCH3 is 1. The summed E-state index contributed by atoms with van der Waals surface area (Å²) in [6.45, 7) is 6.64. The van der Waals surface area contributed by atoms with Gasteiger partial charge in [-0.3, -0.25) is 9.69 Å². The van der Waals surface area contributed by atoms with E-state index in [0.29, 0.717) is 24.4 Å². The van der Waals surface area contributed by atoms with E-state index in [0.717, 1.165) is 13.1 Å². The molecule has 0 N–H and O–H groups in total. The van der Waals surface area contributed by atoms with Crippen LogP contribution in [0.5, 0.6) is 0 Å². The summed E-state index contributed by atoms with van der Waals surface area (Å²) in [7, 11) is 1.48. The van der Waals surface area contributed by atoms with Gasteiger partial charge in [-0.25, -0.2) is 0 Å². The average Bonchev–Trinajstić information content (AvgIpc) is 2.87. The third-order valence-corrected chi connectivity index (χ3v) is 3.25. The minimum atomic E-state index is -0.193. The van der Waals surface area contributed by atoms with Gasteiger partial charge in [0.05, 0.1) is 13.0 Å². The highest BCUT2D eigenvalue weighted by atomic mass is 16.5. The molecule has 0 bridgehead atoms. The van der Waals surface area contributed by atoms with Crippen molar-refractivity contribution in [1.82, 2.24) is 15.0 Å². The second-order valence-electron chi connectivity index (χ2n) is 5.14. The van der Waals surface area contributed by atoms with Crippen LogP contribution in [0.1, 0.15) is 31.7 Å². The third kappa shape index (κ3) is 3.84. The normalized spacial score (nSPS) is 20.5. The van der Waals surface area contributed by atoms with E-state index in [9.17, 15) is 4.79 Å². The second-order valence-corrected chi connectivity index (χ2v) is 5.14. The number of Topliss-reactive ketones (excluding diaryl/α,β-unsaturated/α-hetero) is 1. The Morgan fingerprint density at radius 3 is 3.05 bits per heavy atom. The number of rotatable bonds is 6. The zero-order valence-electron chi connectivity index (χ0n) is 12.2. The number of nitrogens with zero attached hydrogens (tertiary/aromatic N) is 3. The molecule has 1 aliphatic heterocycles. The molecule has 1 aliphatic rings. The zero-order valence-corrected chi connectivity index (χ0v) is 12.2. The Morgan fingerprint density at radius 1 is 1.55 bits per heavy atom. The average molecular weight is 283 g/mol. The molecule has 0 spiro atoms. The van der Waals surface area contributed by atoms with Crippen LogP contribution in [0.4, 0.5) is 0 Å². The van der Waals surface area contributed by atoms with Gasteiger partial charge in [-0.15, -0.1) is 0 Å². The Balaban J connectivity index is 1.96. The van der Waals surface area contributed by atoms with Gasteiger partial charge >= 0.3 is 0 Å². The molecular formula is C13H21N3O4. The number of carbonyl (C=O) groups excluding carboxylic acids is 1. The SMILES string of the molecule is COCC(=O)Cc1nc(C2CN(C(C)C)CCO2)no1. The quantitative estimate of drug-likeness (QED) is 0.757. The molecule has 7 heteroatoms. The van der Waals surface area contributed by atoms with Crippen LogP contribution >= 0.6 is 0 Å². The van der Waals surface area contributed by atoms with Gasteiger partial charge in [0.25, 0.3) is 0 Å².